The first kappa shape index (κ1) is 16.7. The van der Waals surface area contributed by atoms with Crippen molar-refractivity contribution in [2.24, 2.45) is 0 Å². The molecule has 1 aromatic carbocycles. The fourth-order valence-corrected chi connectivity index (χ4v) is 3.10. The number of rotatable bonds is 7. The van der Waals surface area contributed by atoms with Crippen molar-refractivity contribution in [3.8, 4) is 0 Å². The zero-order valence-corrected chi connectivity index (χ0v) is 14.2. The summed E-state index contributed by atoms with van der Waals surface area (Å²) in [6.45, 7) is 4.21. The van der Waals surface area contributed by atoms with Gasteiger partial charge < -0.3 is 14.7 Å². The summed E-state index contributed by atoms with van der Waals surface area (Å²) in [7, 11) is 0. The van der Waals surface area contributed by atoms with Gasteiger partial charge in [0, 0.05) is 31.6 Å². The molecule has 3 rings (SSSR count). The van der Waals surface area contributed by atoms with Crippen LogP contribution in [0.2, 0.25) is 0 Å². The van der Waals surface area contributed by atoms with E-state index in [1.165, 1.54) is 5.56 Å². The summed E-state index contributed by atoms with van der Waals surface area (Å²) in [6.07, 6.45) is 3.49. The summed E-state index contributed by atoms with van der Waals surface area (Å²) in [4.78, 5) is 14.1. The zero-order chi connectivity index (χ0) is 16.8. The summed E-state index contributed by atoms with van der Waals surface area (Å²) in [5.41, 5.74) is 2.18. The number of hydrogen-bond acceptors (Lipinski definition) is 4. The van der Waals surface area contributed by atoms with Crippen molar-refractivity contribution in [3.05, 3.63) is 53.4 Å². The van der Waals surface area contributed by atoms with Crippen LogP contribution in [-0.2, 0) is 24.3 Å². The lowest BCUT2D eigenvalue weighted by Gasteiger charge is -2.33. The van der Waals surface area contributed by atoms with Gasteiger partial charge in [-0.25, -0.2) is 0 Å². The molecular weight excluding hydrogens is 302 g/mol. The molecule has 1 saturated heterocycles. The van der Waals surface area contributed by atoms with Gasteiger partial charge in [0.2, 0.25) is 5.91 Å². The van der Waals surface area contributed by atoms with E-state index in [0.717, 1.165) is 37.3 Å². The SMILES string of the molecule is CCCc1cc(CNC2CCC(=O)N(Cc3ccccc3)C2)on1. The third-order valence-electron chi connectivity index (χ3n) is 4.40. The van der Waals surface area contributed by atoms with E-state index in [-0.39, 0.29) is 5.91 Å². The molecule has 0 spiro atoms. The largest absolute Gasteiger partial charge is 0.360 e. The Morgan fingerprint density at radius 3 is 2.96 bits per heavy atom. The second kappa shape index (κ2) is 8.11. The molecule has 0 bridgehead atoms. The summed E-state index contributed by atoms with van der Waals surface area (Å²) in [5.74, 6) is 1.10. The van der Waals surface area contributed by atoms with Crippen molar-refractivity contribution in [1.29, 1.82) is 0 Å². The Morgan fingerprint density at radius 2 is 2.17 bits per heavy atom. The maximum Gasteiger partial charge on any atom is 0.222 e. The predicted octanol–water partition coefficient (Wildman–Crippen LogP) is 2.91. The van der Waals surface area contributed by atoms with E-state index in [1.54, 1.807) is 0 Å². The number of carbonyl (C=O) groups excluding carboxylic acids is 1. The molecule has 1 N–H and O–H groups in total. The van der Waals surface area contributed by atoms with Crippen LogP contribution >= 0.6 is 0 Å². The number of hydrogen-bond donors (Lipinski definition) is 1. The zero-order valence-electron chi connectivity index (χ0n) is 14.2. The first-order chi connectivity index (χ1) is 11.7. The Bertz CT molecular complexity index is 654. The maximum atomic E-state index is 12.2. The summed E-state index contributed by atoms with van der Waals surface area (Å²) >= 11 is 0. The molecule has 2 aromatic rings. The Balaban J connectivity index is 1.52. The van der Waals surface area contributed by atoms with Gasteiger partial charge in [-0.15, -0.1) is 0 Å². The molecule has 5 heteroatoms. The Kier molecular flexibility index (Phi) is 5.64. The van der Waals surface area contributed by atoms with Gasteiger partial charge in [0.05, 0.1) is 12.2 Å². The lowest BCUT2D eigenvalue weighted by molar-refractivity contribution is -0.134. The fraction of sp³-hybridized carbons (Fsp3) is 0.474. The summed E-state index contributed by atoms with van der Waals surface area (Å²) < 4.78 is 5.36. The van der Waals surface area contributed by atoms with Crippen molar-refractivity contribution in [1.82, 2.24) is 15.4 Å². The molecule has 1 aliphatic heterocycles. The van der Waals surface area contributed by atoms with Gasteiger partial charge in [-0.05, 0) is 18.4 Å². The fourth-order valence-electron chi connectivity index (χ4n) is 3.10. The number of nitrogens with zero attached hydrogens (tertiary/aromatic N) is 2. The molecule has 5 nitrogen and oxygen atoms in total. The van der Waals surface area contributed by atoms with Crippen LogP contribution in [0.15, 0.2) is 40.9 Å². The molecule has 0 saturated carbocycles. The number of aryl methyl sites for hydroxylation is 1. The second-order valence-corrected chi connectivity index (χ2v) is 6.41. The van der Waals surface area contributed by atoms with Gasteiger partial charge in [-0.2, -0.15) is 0 Å². The van der Waals surface area contributed by atoms with Gasteiger partial charge in [-0.3, -0.25) is 4.79 Å². The van der Waals surface area contributed by atoms with Crippen molar-refractivity contribution >= 4 is 5.91 Å². The van der Waals surface area contributed by atoms with Gasteiger partial charge in [0.15, 0.2) is 5.76 Å². The van der Waals surface area contributed by atoms with E-state index in [4.69, 9.17) is 4.52 Å². The topological polar surface area (TPSA) is 58.4 Å². The molecule has 1 atom stereocenters. The van der Waals surface area contributed by atoms with Crippen molar-refractivity contribution in [2.75, 3.05) is 6.54 Å². The standard InChI is InChI=1S/C19H25N3O2/c1-2-6-16-11-18(24-21-16)12-20-17-9-10-19(23)22(14-17)13-15-7-4-3-5-8-15/h3-5,7-8,11,17,20H,2,6,9-10,12-14H2,1H3. The van der Waals surface area contributed by atoms with Crippen LogP contribution in [0.4, 0.5) is 0 Å². The molecule has 1 unspecified atom stereocenters. The normalized spacial score (nSPS) is 18.1. The quantitative estimate of drug-likeness (QED) is 0.849. The molecular formula is C19H25N3O2. The van der Waals surface area contributed by atoms with Crippen LogP contribution in [0.5, 0.6) is 0 Å². The van der Waals surface area contributed by atoms with Gasteiger partial charge in [0.25, 0.3) is 0 Å². The Hall–Kier alpha value is -2.14. The van der Waals surface area contributed by atoms with Gasteiger partial charge in [-0.1, -0.05) is 48.8 Å². The molecule has 1 aliphatic rings. The minimum absolute atomic E-state index is 0.238. The average molecular weight is 327 g/mol. The number of likely N-dealkylation sites (tertiary alicyclic amines) is 1. The first-order valence-corrected chi connectivity index (χ1v) is 8.74. The molecule has 0 radical (unpaired) electrons. The predicted molar refractivity (Wildman–Crippen MR) is 92.2 cm³/mol. The molecule has 1 fully saturated rings. The molecule has 128 valence electrons. The van der Waals surface area contributed by atoms with E-state index < -0.39 is 0 Å². The number of carbonyl (C=O) groups is 1. The smallest absolute Gasteiger partial charge is 0.222 e. The van der Waals surface area contributed by atoms with Gasteiger partial charge >= 0.3 is 0 Å². The third-order valence-corrected chi connectivity index (χ3v) is 4.40. The highest BCUT2D eigenvalue weighted by Gasteiger charge is 2.25. The Labute approximate surface area is 143 Å². The molecule has 24 heavy (non-hydrogen) atoms. The molecule has 0 aliphatic carbocycles. The van der Waals surface area contributed by atoms with E-state index in [9.17, 15) is 4.79 Å². The highest BCUT2D eigenvalue weighted by Crippen LogP contribution is 2.16. The van der Waals surface area contributed by atoms with Crippen LogP contribution in [0, 0.1) is 0 Å². The van der Waals surface area contributed by atoms with E-state index in [1.807, 2.05) is 29.2 Å². The lowest BCUT2D eigenvalue weighted by Crippen LogP contribution is -2.47. The summed E-state index contributed by atoms with van der Waals surface area (Å²) in [5, 5.41) is 7.57. The van der Waals surface area contributed by atoms with Crippen LogP contribution in [0.3, 0.4) is 0 Å². The maximum absolute atomic E-state index is 12.2. The molecule has 1 amide bonds. The molecule has 2 heterocycles. The number of amides is 1. The second-order valence-electron chi connectivity index (χ2n) is 6.41. The average Bonchev–Trinajstić information content (AvgIpc) is 3.04. The van der Waals surface area contributed by atoms with Crippen LogP contribution in [0.1, 0.15) is 43.2 Å². The van der Waals surface area contributed by atoms with Crippen molar-refractivity contribution < 1.29 is 9.32 Å². The highest BCUT2D eigenvalue weighted by molar-refractivity contribution is 5.77. The van der Waals surface area contributed by atoms with E-state index >= 15 is 0 Å². The monoisotopic (exact) mass is 327 g/mol. The minimum Gasteiger partial charge on any atom is -0.360 e. The van der Waals surface area contributed by atoms with E-state index in [0.29, 0.717) is 25.6 Å². The number of benzene rings is 1. The third kappa shape index (κ3) is 4.45. The Morgan fingerprint density at radius 1 is 1.33 bits per heavy atom. The van der Waals surface area contributed by atoms with Crippen LogP contribution in [0.25, 0.3) is 0 Å². The lowest BCUT2D eigenvalue weighted by atomic mass is 10.0. The number of nitrogens with one attached hydrogen (secondary N) is 1. The van der Waals surface area contributed by atoms with Crippen molar-refractivity contribution in [3.63, 3.8) is 0 Å². The number of piperidine rings is 1. The molecule has 1 aromatic heterocycles. The van der Waals surface area contributed by atoms with Crippen LogP contribution in [-0.4, -0.2) is 28.6 Å². The van der Waals surface area contributed by atoms with Gasteiger partial charge in [0.1, 0.15) is 0 Å². The van der Waals surface area contributed by atoms with Crippen molar-refractivity contribution in [2.45, 2.75) is 51.7 Å². The minimum atomic E-state index is 0.238. The van der Waals surface area contributed by atoms with Crippen LogP contribution < -0.4 is 5.32 Å². The van der Waals surface area contributed by atoms with E-state index in [2.05, 4.69) is 29.5 Å². The number of aromatic nitrogens is 1. The first-order valence-electron chi connectivity index (χ1n) is 8.74. The highest BCUT2D eigenvalue weighted by atomic mass is 16.5. The summed E-state index contributed by atoms with van der Waals surface area (Å²) in [6, 6.07) is 12.5.